The van der Waals surface area contributed by atoms with E-state index in [-0.39, 0.29) is 0 Å². The van der Waals surface area contributed by atoms with E-state index in [0.717, 1.165) is 21.9 Å². The molecule has 0 spiro atoms. The third-order valence-corrected chi connectivity index (χ3v) is 10.8. The van der Waals surface area contributed by atoms with Gasteiger partial charge in [-0.2, -0.15) is 0 Å². The van der Waals surface area contributed by atoms with E-state index in [4.69, 9.17) is 4.42 Å². The van der Waals surface area contributed by atoms with E-state index in [1.165, 1.54) is 87.2 Å². The lowest BCUT2D eigenvalue weighted by Gasteiger charge is -2.19. The maximum absolute atomic E-state index is 6.63. The molecule has 0 saturated carbocycles. The van der Waals surface area contributed by atoms with Crippen LogP contribution in [0, 0.1) is 0 Å². The lowest BCUT2D eigenvalue weighted by molar-refractivity contribution is 0.673. The van der Waals surface area contributed by atoms with E-state index < -0.39 is 0 Å². The molecule has 1 heterocycles. The number of hydrogen-bond acceptors (Lipinski definition) is 1. The molecule has 0 bridgehead atoms. The summed E-state index contributed by atoms with van der Waals surface area (Å²) in [4.78, 5) is 0. The standard InChI is InChI=1S/C50H30O/c1-3-18-35-31(13-1)15-12-26-38(35)48-41-23-8-6-21-39(41)47(40-22-7-9-24-42(40)48)34-17-11-16-33(29-34)44-30-45-49-36-19-4-2-14-32(36)27-28-46(49)51-50(45)43-25-10-5-20-37(43)44/h1-30H. The van der Waals surface area contributed by atoms with Gasteiger partial charge < -0.3 is 4.42 Å². The Morgan fingerprint density at radius 3 is 1.55 bits per heavy atom. The van der Waals surface area contributed by atoms with Crippen LogP contribution in [0.5, 0.6) is 0 Å². The molecule has 1 heteroatoms. The molecule has 0 saturated heterocycles. The van der Waals surface area contributed by atoms with Crippen molar-refractivity contribution in [1.29, 1.82) is 0 Å². The molecule has 0 radical (unpaired) electrons. The molecule has 10 aromatic carbocycles. The predicted molar refractivity (Wildman–Crippen MR) is 218 cm³/mol. The predicted octanol–water partition coefficient (Wildman–Crippen LogP) is 14.4. The van der Waals surface area contributed by atoms with E-state index in [9.17, 15) is 0 Å². The van der Waals surface area contributed by atoms with Gasteiger partial charge in [0.1, 0.15) is 11.2 Å². The van der Waals surface area contributed by atoms with Gasteiger partial charge in [-0.1, -0.05) is 164 Å². The summed E-state index contributed by atoms with van der Waals surface area (Å²) >= 11 is 0. The fourth-order valence-corrected chi connectivity index (χ4v) is 8.62. The van der Waals surface area contributed by atoms with Crippen molar-refractivity contribution in [2.45, 2.75) is 0 Å². The Labute approximate surface area is 294 Å². The fraction of sp³-hybridized carbons (Fsp3) is 0. The van der Waals surface area contributed by atoms with Gasteiger partial charge in [-0.05, 0) is 100 Å². The number of hydrogen-bond donors (Lipinski definition) is 0. The maximum Gasteiger partial charge on any atom is 0.143 e. The first-order valence-electron chi connectivity index (χ1n) is 17.6. The molecule has 0 fully saturated rings. The SMILES string of the molecule is c1cc(-c2c3ccccc3c(-c3cccc4ccccc34)c3ccccc23)cc(-c2cc3c(oc4ccc5ccccc5c43)c3ccccc23)c1. The Bertz CT molecular complexity index is 3130. The molecule has 51 heavy (non-hydrogen) atoms. The van der Waals surface area contributed by atoms with E-state index in [2.05, 4.69) is 182 Å². The summed E-state index contributed by atoms with van der Waals surface area (Å²) in [5.74, 6) is 0. The summed E-state index contributed by atoms with van der Waals surface area (Å²) in [7, 11) is 0. The van der Waals surface area contributed by atoms with Crippen molar-refractivity contribution >= 4 is 75.8 Å². The molecule has 11 rings (SSSR count). The van der Waals surface area contributed by atoms with E-state index >= 15 is 0 Å². The third kappa shape index (κ3) is 4.16. The molecular weight excluding hydrogens is 617 g/mol. The lowest BCUT2D eigenvalue weighted by atomic mass is 9.84. The molecular formula is C50H30O. The van der Waals surface area contributed by atoms with Crippen molar-refractivity contribution in [2.24, 2.45) is 0 Å². The minimum absolute atomic E-state index is 0.920. The summed E-state index contributed by atoms with van der Waals surface area (Å²) in [6, 6.07) is 66.3. The molecule has 0 unspecified atom stereocenters. The zero-order valence-corrected chi connectivity index (χ0v) is 27.7. The largest absolute Gasteiger partial charge is 0.455 e. The van der Waals surface area contributed by atoms with Crippen LogP contribution in [0.2, 0.25) is 0 Å². The van der Waals surface area contributed by atoms with E-state index in [0.29, 0.717) is 0 Å². The average Bonchev–Trinajstić information content (AvgIpc) is 3.59. The highest BCUT2D eigenvalue weighted by atomic mass is 16.3. The van der Waals surface area contributed by atoms with Crippen LogP contribution in [-0.2, 0) is 0 Å². The summed E-state index contributed by atoms with van der Waals surface area (Å²) in [6.07, 6.45) is 0. The second-order valence-electron chi connectivity index (χ2n) is 13.6. The van der Waals surface area contributed by atoms with Crippen molar-refractivity contribution in [2.75, 3.05) is 0 Å². The van der Waals surface area contributed by atoms with Crippen molar-refractivity contribution < 1.29 is 4.42 Å². The maximum atomic E-state index is 6.63. The summed E-state index contributed by atoms with van der Waals surface area (Å²) in [6.45, 7) is 0. The Balaban J connectivity index is 1.20. The minimum atomic E-state index is 0.920. The Morgan fingerprint density at radius 2 is 0.824 bits per heavy atom. The molecule has 1 nitrogen and oxygen atoms in total. The minimum Gasteiger partial charge on any atom is -0.455 e. The van der Waals surface area contributed by atoms with Crippen molar-refractivity contribution in [3.63, 3.8) is 0 Å². The topological polar surface area (TPSA) is 13.1 Å². The lowest BCUT2D eigenvalue weighted by Crippen LogP contribution is -1.92. The summed E-state index contributed by atoms with van der Waals surface area (Å²) in [5.41, 5.74) is 9.27. The van der Waals surface area contributed by atoms with Gasteiger partial charge in [-0.15, -0.1) is 0 Å². The monoisotopic (exact) mass is 646 g/mol. The molecule has 11 aromatic rings. The quantitative estimate of drug-likeness (QED) is 0.174. The Morgan fingerprint density at radius 1 is 0.294 bits per heavy atom. The van der Waals surface area contributed by atoms with E-state index in [1.54, 1.807) is 0 Å². The van der Waals surface area contributed by atoms with Crippen molar-refractivity contribution in [3.05, 3.63) is 182 Å². The first kappa shape index (κ1) is 28.2. The van der Waals surface area contributed by atoms with Gasteiger partial charge in [0.15, 0.2) is 0 Å². The highest BCUT2D eigenvalue weighted by Gasteiger charge is 2.20. The smallest absolute Gasteiger partial charge is 0.143 e. The van der Waals surface area contributed by atoms with Gasteiger partial charge in [-0.25, -0.2) is 0 Å². The zero-order valence-electron chi connectivity index (χ0n) is 27.7. The molecule has 0 aliphatic rings. The number of fused-ring (bicyclic) bond motifs is 10. The Hall–Kier alpha value is -6.70. The molecule has 236 valence electrons. The van der Waals surface area contributed by atoms with Crippen LogP contribution in [0.3, 0.4) is 0 Å². The molecule has 0 aliphatic heterocycles. The second-order valence-corrected chi connectivity index (χ2v) is 13.6. The second kappa shape index (κ2) is 10.9. The van der Waals surface area contributed by atoms with Crippen LogP contribution >= 0.6 is 0 Å². The van der Waals surface area contributed by atoms with Crippen LogP contribution in [0.15, 0.2) is 186 Å². The van der Waals surface area contributed by atoms with Crippen LogP contribution in [0.4, 0.5) is 0 Å². The van der Waals surface area contributed by atoms with Gasteiger partial charge in [0, 0.05) is 16.2 Å². The van der Waals surface area contributed by atoms with Crippen molar-refractivity contribution in [3.8, 4) is 33.4 Å². The van der Waals surface area contributed by atoms with Crippen LogP contribution < -0.4 is 0 Å². The van der Waals surface area contributed by atoms with Gasteiger partial charge in [0.25, 0.3) is 0 Å². The van der Waals surface area contributed by atoms with Crippen LogP contribution in [0.25, 0.3) is 109 Å². The molecule has 1 aromatic heterocycles. The fourth-order valence-electron chi connectivity index (χ4n) is 8.62. The normalized spacial score (nSPS) is 11.9. The van der Waals surface area contributed by atoms with E-state index in [1.807, 2.05) is 0 Å². The van der Waals surface area contributed by atoms with Gasteiger partial charge in [0.05, 0.1) is 0 Å². The van der Waals surface area contributed by atoms with Gasteiger partial charge in [0.2, 0.25) is 0 Å². The number of rotatable bonds is 3. The van der Waals surface area contributed by atoms with Gasteiger partial charge in [-0.3, -0.25) is 0 Å². The first-order valence-corrected chi connectivity index (χ1v) is 17.6. The van der Waals surface area contributed by atoms with Crippen LogP contribution in [-0.4, -0.2) is 0 Å². The summed E-state index contributed by atoms with van der Waals surface area (Å²) in [5, 5.41) is 14.6. The number of furan rings is 1. The highest BCUT2D eigenvalue weighted by molar-refractivity contribution is 6.26. The Kier molecular flexibility index (Phi) is 6.02. The molecule has 0 aliphatic carbocycles. The zero-order chi connectivity index (χ0) is 33.5. The summed E-state index contributed by atoms with van der Waals surface area (Å²) < 4.78 is 6.63. The number of benzene rings is 10. The van der Waals surface area contributed by atoms with Crippen LogP contribution in [0.1, 0.15) is 0 Å². The highest BCUT2D eigenvalue weighted by Crippen LogP contribution is 2.47. The average molecular weight is 647 g/mol. The molecule has 0 atom stereocenters. The van der Waals surface area contributed by atoms with Crippen molar-refractivity contribution in [1.82, 2.24) is 0 Å². The van der Waals surface area contributed by atoms with Gasteiger partial charge >= 0.3 is 0 Å². The third-order valence-electron chi connectivity index (χ3n) is 10.8. The molecule has 0 N–H and O–H groups in total. The molecule has 0 amide bonds. The first-order chi connectivity index (χ1) is 25.3.